The fourth-order valence-electron chi connectivity index (χ4n) is 3.39. The molecule has 0 atom stereocenters. The van der Waals surface area contributed by atoms with Crippen LogP contribution >= 0.6 is 11.3 Å². The summed E-state index contributed by atoms with van der Waals surface area (Å²) >= 11 is 1.75. The lowest BCUT2D eigenvalue weighted by molar-refractivity contribution is -0.132. The van der Waals surface area contributed by atoms with Crippen LogP contribution in [0.2, 0.25) is 0 Å². The lowest BCUT2D eigenvalue weighted by atomic mass is 10.1. The molecule has 3 aromatic rings. The number of ether oxygens (including phenoxy) is 1. The highest BCUT2D eigenvalue weighted by Gasteiger charge is 2.25. The van der Waals surface area contributed by atoms with Crippen molar-refractivity contribution in [1.29, 1.82) is 0 Å². The number of methoxy groups -OCH3 is 1. The molecule has 0 spiro atoms. The molecule has 6 nitrogen and oxygen atoms in total. The van der Waals surface area contributed by atoms with Crippen molar-refractivity contribution < 1.29 is 13.9 Å². The second-order valence-corrected chi connectivity index (χ2v) is 7.87. The van der Waals surface area contributed by atoms with Gasteiger partial charge in [-0.25, -0.2) is 9.97 Å². The van der Waals surface area contributed by atoms with E-state index in [-0.39, 0.29) is 5.91 Å². The number of amides is 1. The highest BCUT2D eigenvalue weighted by molar-refractivity contribution is 7.18. The maximum absolute atomic E-state index is 12.5. The maximum Gasteiger partial charge on any atom is 0.222 e. The first-order valence-corrected chi connectivity index (χ1v) is 10.1. The molecule has 0 saturated carbocycles. The molecule has 1 aromatic carbocycles. The summed E-state index contributed by atoms with van der Waals surface area (Å²) in [6, 6.07) is 8.21. The Morgan fingerprint density at radius 1 is 1.30 bits per heavy atom. The van der Waals surface area contributed by atoms with Gasteiger partial charge in [-0.15, -0.1) is 11.3 Å². The minimum absolute atomic E-state index is 0.196. The Morgan fingerprint density at radius 2 is 2.19 bits per heavy atom. The largest absolute Gasteiger partial charge is 0.443 e. The van der Waals surface area contributed by atoms with Crippen LogP contribution in [-0.2, 0) is 35.5 Å². The van der Waals surface area contributed by atoms with Crippen LogP contribution in [0.4, 0.5) is 0 Å². The Hall–Kier alpha value is -2.25. The molecule has 7 heteroatoms. The van der Waals surface area contributed by atoms with Crippen LogP contribution in [0.3, 0.4) is 0 Å². The van der Waals surface area contributed by atoms with Crippen LogP contribution in [0.15, 0.2) is 28.7 Å². The van der Waals surface area contributed by atoms with E-state index >= 15 is 0 Å². The molecular formula is C20H23N3O3S. The number of para-hydroxylation sites is 1. The summed E-state index contributed by atoms with van der Waals surface area (Å²) in [6.45, 7) is 1.61. The van der Waals surface area contributed by atoms with E-state index in [1.54, 1.807) is 18.4 Å². The Balaban J connectivity index is 1.24. The quantitative estimate of drug-likeness (QED) is 0.580. The standard InChI is InChI=1S/C20H23N3O3S/c1-25-13-18-21-15-12-23(11-10-16(15)26-18)20(24)9-5-4-8-19-22-14-6-2-3-7-17(14)27-19/h2-3,6-7H,4-5,8-13H2,1H3. The van der Waals surface area contributed by atoms with Crippen molar-refractivity contribution in [3.63, 3.8) is 0 Å². The monoisotopic (exact) mass is 385 g/mol. The van der Waals surface area contributed by atoms with Gasteiger partial charge in [0.15, 0.2) is 0 Å². The van der Waals surface area contributed by atoms with Crippen molar-refractivity contribution in [1.82, 2.24) is 14.9 Å². The average Bonchev–Trinajstić information content (AvgIpc) is 3.27. The first-order chi connectivity index (χ1) is 13.2. The zero-order valence-electron chi connectivity index (χ0n) is 15.4. The topological polar surface area (TPSA) is 68.5 Å². The summed E-state index contributed by atoms with van der Waals surface area (Å²) in [5.74, 6) is 1.68. The van der Waals surface area contributed by atoms with E-state index in [1.165, 1.54) is 4.70 Å². The predicted molar refractivity (Wildman–Crippen MR) is 104 cm³/mol. The summed E-state index contributed by atoms with van der Waals surface area (Å²) in [5, 5.41) is 1.15. The molecule has 2 aromatic heterocycles. The molecule has 0 fully saturated rings. The van der Waals surface area contributed by atoms with Crippen molar-refractivity contribution in [2.45, 2.75) is 45.3 Å². The molecule has 0 bridgehead atoms. The van der Waals surface area contributed by atoms with Crippen LogP contribution in [0.25, 0.3) is 10.2 Å². The van der Waals surface area contributed by atoms with Crippen molar-refractivity contribution in [2.24, 2.45) is 0 Å². The van der Waals surface area contributed by atoms with Gasteiger partial charge in [0.2, 0.25) is 11.8 Å². The van der Waals surface area contributed by atoms with Gasteiger partial charge >= 0.3 is 0 Å². The van der Waals surface area contributed by atoms with Crippen LogP contribution in [0.1, 0.15) is 41.6 Å². The smallest absolute Gasteiger partial charge is 0.222 e. The molecular weight excluding hydrogens is 362 g/mol. The molecule has 142 valence electrons. The van der Waals surface area contributed by atoms with Crippen LogP contribution in [-0.4, -0.2) is 34.4 Å². The summed E-state index contributed by atoms with van der Waals surface area (Å²) in [6.07, 6.45) is 4.09. The van der Waals surface area contributed by atoms with Crippen LogP contribution in [0, 0.1) is 0 Å². The van der Waals surface area contributed by atoms with Gasteiger partial charge in [0.25, 0.3) is 0 Å². The number of rotatable bonds is 7. The van der Waals surface area contributed by atoms with Gasteiger partial charge in [-0.1, -0.05) is 12.1 Å². The third kappa shape index (κ3) is 4.20. The number of carbonyl (C=O) groups is 1. The number of carbonyl (C=O) groups excluding carboxylic acids is 1. The van der Waals surface area contributed by atoms with Crippen molar-refractivity contribution >= 4 is 27.5 Å². The Labute approximate surface area is 162 Å². The summed E-state index contributed by atoms with van der Waals surface area (Å²) in [7, 11) is 1.62. The van der Waals surface area contributed by atoms with Gasteiger partial charge in [-0.3, -0.25) is 4.79 Å². The molecule has 0 saturated heterocycles. The Morgan fingerprint density at radius 3 is 3.04 bits per heavy atom. The lowest BCUT2D eigenvalue weighted by Crippen LogP contribution is -2.35. The zero-order chi connectivity index (χ0) is 18.6. The van der Waals surface area contributed by atoms with E-state index in [1.807, 2.05) is 23.1 Å². The summed E-state index contributed by atoms with van der Waals surface area (Å²) < 4.78 is 12.0. The zero-order valence-corrected chi connectivity index (χ0v) is 16.3. The second kappa shape index (κ2) is 8.19. The number of thiazole rings is 1. The Bertz CT molecular complexity index is 901. The molecule has 4 rings (SSSR count). The van der Waals surface area contributed by atoms with Crippen molar-refractivity contribution in [3.05, 3.63) is 46.6 Å². The molecule has 1 aliphatic heterocycles. The number of hydrogen-bond donors (Lipinski definition) is 0. The number of aromatic nitrogens is 2. The average molecular weight is 385 g/mol. The number of benzene rings is 1. The van der Waals surface area contributed by atoms with Gasteiger partial charge in [-0.2, -0.15) is 0 Å². The number of aryl methyl sites for hydroxylation is 1. The highest BCUT2D eigenvalue weighted by atomic mass is 32.1. The van der Waals surface area contributed by atoms with Gasteiger partial charge in [0, 0.05) is 26.5 Å². The predicted octanol–water partition coefficient (Wildman–Crippen LogP) is 3.73. The molecule has 3 heterocycles. The highest BCUT2D eigenvalue weighted by Crippen LogP contribution is 2.24. The number of fused-ring (bicyclic) bond motifs is 2. The minimum atomic E-state index is 0.196. The van der Waals surface area contributed by atoms with E-state index < -0.39 is 0 Å². The van der Waals surface area contributed by atoms with Crippen LogP contribution in [0.5, 0.6) is 0 Å². The SMILES string of the molecule is COCc1nc2c(o1)CCN(C(=O)CCCCc1nc3ccccc3s1)C2. The van der Waals surface area contributed by atoms with Gasteiger partial charge < -0.3 is 14.1 Å². The first kappa shape index (κ1) is 18.1. The number of hydrogen-bond acceptors (Lipinski definition) is 6. The Kier molecular flexibility index (Phi) is 5.50. The molecule has 0 N–H and O–H groups in total. The van der Waals surface area contributed by atoms with E-state index in [0.717, 1.165) is 47.7 Å². The van der Waals surface area contributed by atoms with Crippen LogP contribution < -0.4 is 0 Å². The summed E-state index contributed by atoms with van der Waals surface area (Å²) in [4.78, 5) is 23.5. The van der Waals surface area contributed by atoms with E-state index in [9.17, 15) is 4.79 Å². The third-order valence-corrected chi connectivity index (χ3v) is 5.86. The normalized spacial score (nSPS) is 13.9. The molecule has 1 amide bonds. The molecule has 0 radical (unpaired) electrons. The number of oxazole rings is 1. The molecule has 0 aliphatic carbocycles. The molecule has 1 aliphatic rings. The number of nitrogens with zero attached hydrogens (tertiary/aromatic N) is 3. The summed E-state index contributed by atoms with van der Waals surface area (Å²) in [5.41, 5.74) is 1.94. The minimum Gasteiger partial charge on any atom is -0.443 e. The number of unbranched alkanes of at least 4 members (excludes halogenated alkanes) is 1. The van der Waals surface area contributed by atoms with Crippen molar-refractivity contribution in [3.8, 4) is 0 Å². The van der Waals surface area contributed by atoms with E-state index in [4.69, 9.17) is 9.15 Å². The van der Waals surface area contributed by atoms with Crippen molar-refractivity contribution in [2.75, 3.05) is 13.7 Å². The fraction of sp³-hybridized carbons (Fsp3) is 0.450. The molecule has 27 heavy (non-hydrogen) atoms. The van der Waals surface area contributed by atoms with Gasteiger partial charge in [0.05, 0.1) is 21.8 Å². The molecule has 0 unspecified atom stereocenters. The van der Waals surface area contributed by atoms with E-state index in [0.29, 0.717) is 32.0 Å². The lowest BCUT2D eigenvalue weighted by Gasteiger charge is -2.25. The fourth-order valence-corrected chi connectivity index (χ4v) is 4.40. The maximum atomic E-state index is 12.5. The van der Waals surface area contributed by atoms with E-state index in [2.05, 4.69) is 16.0 Å². The first-order valence-electron chi connectivity index (χ1n) is 9.31. The second-order valence-electron chi connectivity index (χ2n) is 6.76. The third-order valence-electron chi connectivity index (χ3n) is 4.76. The van der Waals surface area contributed by atoms with Gasteiger partial charge in [0.1, 0.15) is 18.1 Å². The van der Waals surface area contributed by atoms with Gasteiger partial charge in [-0.05, 0) is 31.4 Å².